The Morgan fingerprint density at radius 1 is 1.24 bits per heavy atom. The minimum absolute atomic E-state index is 0.00195. The van der Waals surface area contributed by atoms with Crippen LogP contribution in [0.1, 0.15) is 42.4 Å². The third kappa shape index (κ3) is 3.73. The summed E-state index contributed by atoms with van der Waals surface area (Å²) in [4.78, 5) is 19.3. The van der Waals surface area contributed by atoms with Gasteiger partial charge in [0.05, 0.1) is 19.8 Å². The maximum Gasteiger partial charge on any atom is 0.276 e. The van der Waals surface area contributed by atoms with Gasteiger partial charge in [0.25, 0.3) is 5.91 Å². The number of piperidine rings is 1. The molecule has 1 aromatic heterocycles. The summed E-state index contributed by atoms with van der Waals surface area (Å²) in [7, 11) is 0. The van der Waals surface area contributed by atoms with Crippen molar-refractivity contribution in [2.45, 2.75) is 44.8 Å². The van der Waals surface area contributed by atoms with E-state index in [1.807, 2.05) is 4.90 Å². The van der Waals surface area contributed by atoms with Gasteiger partial charge in [0, 0.05) is 44.3 Å². The van der Waals surface area contributed by atoms with E-state index in [0.29, 0.717) is 24.3 Å². The molecule has 0 saturated carbocycles. The number of nitrogens with zero attached hydrogens (tertiary/aromatic N) is 4. The molecule has 0 unspecified atom stereocenters. The summed E-state index contributed by atoms with van der Waals surface area (Å²) in [5, 5.41) is 4.00. The lowest BCUT2D eigenvalue weighted by molar-refractivity contribution is 0.00160. The normalized spacial score (nSPS) is 26.6. The maximum atomic E-state index is 12.6. The molecule has 3 saturated heterocycles. The number of likely N-dealkylation sites (tertiary alicyclic amines) is 2. The van der Waals surface area contributed by atoms with Gasteiger partial charge < -0.3 is 14.2 Å². The molecule has 4 rings (SSSR count). The minimum atomic E-state index is -0.00195. The van der Waals surface area contributed by atoms with Gasteiger partial charge in [0.15, 0.2) is 11.5 Å². The van der Waals surface area contributed by atoms with Crippen molar-refractivity contribution in [3.8, 4) is 0 Å². The molecule has 0 radical (unpaired) electrons. The van der Waals surface area contributed by atoms with Crippen molar-refractivity contribution in [2.75, 3.05) is 45.9 Å². The van der Waals surface area contributed by atoms with Gasteiger partial charge in [0.1, 0.15) is 0 Å². The molecule has 7 nitrogen and oxygen atoms in total. The number of carbonyl (C=O) groups excluding carboxylic acids is 1. The predicted octanol–water partition coefficient (Wildman–Crippen LogP) is 1.21. The largest absolute Gasteiger partial charge is 0.379 e. The van der Waals surface area contributed by atoms with Crippen molar-refractivity contribution in [3.05, 3.63) is 17.5 Å². The number of aromatic nitrogens is 1. The first-order chi connectivity index (χ1) is 12.2. The predicted molar refractivity (Wildman–Crippen MR) is 92.3 cm³/mol. The van der Waals surface area contributed by atoms with Crippen LogP contribution in [-0.2, 0) is 11.3 Å². The third-order valence-corrected chi connectivity index (χ3v) is 5.73. The second-order valence-electron chi connectivity index (χ2n) is 7.51. The van der Waals surface area contributed by atoms with Crippen LogP contribution in [0.3, 0.4) is 0 Å². The molecule has 1 atom stereocenters. The Hall–Kier alpha value is -1.44. The highest BCUT2D eigenvalue weighted by atomic mass is 16.5. The average Bonchev–Trinajstić information content (AvgIpc) is 3.04. The SMILES string of the molecule is C[C@@H]1CCCCN1C1CN(C(=O)c2cc(CN3CCOCC3)on2)C1. The van der Waals surface area contributed by atoms with Gasteiger partial charge in [-0.05, 0) is 26.3 Å². The molecule has 0 N–H and O–H groups in total. The zero-order chi connectivity index (χ0) is 17.2. The highest BCUT2D eigenvalue weighted by Crippen LogP contribution is 2.25. The van der Waals surface area contributed by atoms with Crippen LogP contribution in [0.4, 0.5) is 0 Å². The van der Waals surface area contributed by atoms with E-state index in [9.17, 15) is 4.79 Å². The second kappa shape index (κ2) is 7.43. The molecule has 4 heterocycles. The third-order valence-electron chi connectivity index (χ3n) is 5.73. The van der Waals surface area contributed by atoms with Crippen molar-refractivity contribution in [1.82, 2.24) is 19.9 Å². The highest BCUT2D eigenvalue weighted by molar-refractivity contribution is 5.92. The smallest absolute Gasteiger partial charge is 0.276 e. The molecule has 0 spiro atoms. The number of ether oxygens (including phenoxy) is 1. The van der Waals surface area contributed by atoms with Crippen LogP contribution >= 0.6 is 0 Å². The lowest BCUT2D eigenvalue weighted by atomic mass is 9.97. The minimum Gasteiger partial charge on any atom is -0.379 e. The first kappa shape index (κ1) is 17.0. The molecule has 1 aromatic rings. The number of morpholine rings is 1. The lowest BCUT2D eigenvalue weighted by Gasteiger charge is -2.49. The van der Waals surface area contributed by atoms with Gasteiger partial charge in [-0.1, -0.05) is 11.6 Å². The van der Waals surface area contributed by atoms with E-state index in [-0.39, 0.29) is 5.91 Å². The molecular weight excluding hydrogens is 320 g/mol. The van der Waals surface area contributed by atoms with E-state index in [1.54, 1.807) is 6.07 Å². The summed E-state index contributed by atoms with van der Waals surface area (Å²) in [6.07, 6.45) is 3.89. The molecule has 0 bridgehead atoms. The first-order valence-corrected chi connectivity index (χ1v) is 9.51. The van der Waals surface area contributed by atoms with Gasteiger partial charge in [-0.2, -0.15) is 0 Å². The molecule has 138 valence electrons. The van der Waals surface area contributed by atoms with Gasteiger partial charge >= 0.3 is 0 Å². The van der Waals surface area contributed by atoms with Crippen LogP contribution < -0.4 is 0 Å². The van der Waals surface area contributed by atoms with E-state index in [4.69, 9.17) is 9.26 Å². The lowest BCUT2D eigenvalue weighted by Crippen LogP contribution is -2.63. The van der Waals surface area contributed by atoms with Crippen LogP contribution in [-0.4, -0.2) is 83.8 Å². The van der Waals surface area contributed by atoms with Gasteiger partial charge in [0.2, 0.25) is 0 Å². The van der Waals surface area contributed by atoms with Gasteiger partial charge in [-0.15, -0.1) is 0 Å². The van der Waals surface area contributed by atoms with Crippen LogP contribution in [0.5, 0.6) is 0 Å². The van der Waals surface area contributed by atoms with Crippen molar-refractivity contribution < 1.29 is 14.1 Å². The second-order valence-corrected chi connectivity index (χ2v) is 7.51. The summed E-state index contributed by atoms with van der Waals surface area (Å²) in [5.41, 5.74) is 0.438. The molecule has 1 amide bonds. The van der Waals surface area contributed by atoms with Crippen molar-refractivity contribution in [2.24, 2.45) is 0 Å². The number of hydrogen-bond donors (Lipinski definition) is 0. The number of hydrogen-bond acceptors (Lipinski definition) is 6. The van der Waals surface area contributed by atoms with Crippen molar-refractivity contribution in [3.63, 3.8) is 0 Å². The van der Waals surface area contributed by atoms with E-state index in [0.717, 1.165) is 45.2 Å². The standard InChI is InChI=1S/C18H28N4O3/c1-14-4-2-3-5-22(14)15-11-21(12-15)18(23)17-10-16(25-19-17)13-20-6-8-24-9-7-20/h10,14-15H,2-9,11-13H2,1H3/t14-/m1/s1. The molecule has 0 aromatic carbocycles. The molecule has 7 heteroatoms. The Morgan fingerprint density at radius 3 is 2.80 bits per heavy atom. The Kier molecular flexibility index (Phi) is 5.05. The fourth-order valence-corrected chi connectivity index (χ4v) is 4.12. The summed E-state index contributed by atoms with van der Waals surface area (Å²) in [6, 6.07) is 2.96. The summed E-state index contributed by atoms with van der Waals surface area (Å²) >= 11 is 0. The fraction of sp³-hybridized carbons (Fsp3) is 0.778. The summed E-state index contributed by atoms with van der Waals surface area (Å²) in [5.74, 6) is 0.755. The molecular formula is C18H28N4O3. The van der Waals surface area contributed by atoms with Crippen LogP contribution in [0.25, 0.3) is 0 Å². The zero-order valence-electron chi connectivity index (χ0n) is 15.0. The molecule has 3 aliphatic heterocycles. The Bertz CT molecular complexity index is 593. The molecule has 3 aliphatic rings. The van der Waals surface area contributed by atoms with E-state index < -0.39 is 0 Å². The van der Waals surface area contributed by atoms with E-state index in [2.05, 4.69) is 21.9 Å². The van der Waals surface area contributed by atoms with Gasteiger partial charge in [-0.3, -0.25) is 14.6 Å². The number of amides is 1. The number of carbonyl (C=O) groups is 1. The summed E-state index contributed by atoms with van der Waals surface area (Å²) in [6.45, 7) is 9.09. The molecule has 25 heavy (non-hydrogen) atoms. The monoisotopic (exact) mass is 348 g/mol. The van der Waals surface area contributed by atoms with Crippen molar-refractivity contribution >= 4 is 5.91 Å². The average molecular weight is 348 g/mol. The van der Waals surface area contributed by atoms with E-state index in [1.165, 1.54) is 25.8 Å². The highest BCUT2D eigenvalue weighted by Gasteiger charge is 2.38. The quantitative estimate of drug-likeness (QED) is 0.815. The Morgan fingerprint density at radius 2 is 2.04 bits per heavy atom. The van der Waals surface area contributed by atoms with Crippen LogP contribution in [0, 0.1) is 0 Å². The number of rotatable bonds is 4. The van der Waals surface area contributed by atoms with Crippen molar-refractivity contribution in [1.29, 1.82) is 0 Å². The van der Waals surface area contributed by atoms with Gasteiger partial charge in [-0.25, -0.2) is 0 Å². The topological polar surface area (TPSA) is 62.0 Å². The fourth-order valence-electron chi connectivity index (χ4n) is 4.12. The molecule has 3 fully saturated rings. The Labute approximate surface area is 148 Å². The summed E-state index contributed by atoms with van der Waals surface area (Å²) < 4.78 is 10.7. The maximum absolute atomic E-state index is 12.6. The first-order valence-electron chi connectivity index (χ1n) is 9.51. The van der Waals surface area contributed by atoms with E-state index >= 15 is 0 Å². The zero-order valence-corrected chi connectivity index (χ0v) is 15.0. The van der Waals surface area contributed by atoms with Crippen LogP contribution in [0.15, 0.2) is 10.6 Å². The Balaban J connectivity index is 1.29. The molecule has 0 aliphatic carbocycles. The van der Waals surface area contributed by atoms with Crippen LogP contribution in [0.2, 0.25) is 0 Å².